The first-order valence-electron chi connectivity index (χ1n) is 7.52. The van der Waals surface area contributed by atoms with Crippen LogP contribution in [0.1, 0.15) is 39.0 Å². The molecular weight excluding hydrogens is 228 g/mol. The van der Waals surface area contributed by atoms with E-state index >= 15 is 0 Å². The standard InChI is InChI=1S/C14H26N2O2/c1-10-5-6-14(18-10)12(9-15)16-7-8-17-13-4-2-3-11(13)16/h10-14H,2-9,15H2,1H3. The summed E-state index contributed by atoms with van der Waals surface area (Å²) < 4.78 is 11.9. The van der Waals surface area contributed by atoms with Gasteiger partial charge in [0, 0.05) is 25.2 Å². The Morgan fingerprint density at radius 1 is 1.28 bits per heavy atom. The minimum absolute atomic E-state index is 0.337. The van der Waals surface area contributed by atoms with Crippen molar-refractivity contribution < 1.29 is 9.47 Å². The first-order valence-corrected chi connectivity index (χ1v) is 7.52. The summed E-state index contributed by atoms with van der Waals surface area (Å²) in [6.45, 7) is 4.77. The van der Waals surface area contributed by atoms with Gasteiger partial charge in [-0.05, 0) is 39.0 Å². The molecular formula is C14H26N2O2. The molecule has 0 aromatic heterocycles. The lowest BCUT2D eigenvalue weighted by Gasteiger charge is -2.44. The number of hydrogen-bond acceptors (Lipinski definition) is 4. The van der Waals surface area contributed by atoms with Crippen LogP contribution in [-0.4, -0.2) is 55.0 Å². The Morgan fingerprint density at radius 2 is 2.17 bits per heavy atom. The second kappa shape index (κ2) is 5.45. The monoisotopic (exact) mass is 254 g/mol. The molecule has 18 heavy (non-hydrogen) atoms. The molecule has 104 valence electrons. The van der Waals surface area contributed by atoms with E-state index in [0.717, 1.165) is 19.6 Å². The second-order valence-corrected chi connectivity index (χ2v) is 6.01. The van der Waals surface area contributed by atoms with Crippen LogP contribution in [-0.2, 0) is 9.47 Å². The topological polar surface area (TPSA) is 47.7 Å². The third-order valence-electron chi connectivity index (χ3n) is 4.89. The van der Waals surface area contributed by atoms with Gasteiger partial charge in [0.1, 0.15) is 0 Å². The summed E-state index contributed by atoms with van der Waals surface area (Å²) >= 11 is 0. The van der Waals surface area contributed by atoms with Gasteiger partial charge < -0.3 is 15.2 Å². The first kappa shape index (κ1) is 12.9. The molecule has 2 N–H and O–H groups in total. The van der Waals surface area contributed by atoms with Crippen molar-refractivity contribution in [1.82, 2.24) is 4.90 Å². The summed E-state index contributed by atoms with van der Waals surface area (Å²) in [5.41, 5.74) is 6.05. The molecule has 2 heterocycles. The Hall–Kier alpha value is -0.160. The molecule has 4 nitrogen and oxygen atoms in total. The lowest BCUT2D eigenvalue weighted by Crippen LogP contribution is -2.58. The lowest BCUT2D eigenvalue weighted by atomic mass is 10.0. The fraction of sp³-hybridized carbons (Fsp3) is 1.00. The predicted molar refractivity (Wildman–Crippen MR) is 70.5 cm³/mol. The maximum Gasteiger partial charge on any atom is 0.0747 e. The number of fused-ring (bicyclic) bond motifs is 1. The van der Waals surface area contributed by atoms with Crippen LogP contribution in [0.15, 0.2) is 0 Å². The van der Waals surface area contributed by atoms with Gasteiger partial charge in [0.2, 0.25) is 0 Å². The summed E-state index contributed by atoms with van der Waals surface area (Å²) in [4.78, 5) is 2.60. The van der Waals surface area contributed by atoms with Gasteiger partial charge in [-0.15, -0.1) is 0 Å². The molecule has 5 unspecified atom stereocenters. The zero-order valence-electron chi connectivity index (χ0n) is 11.4. The van der Waals surface area contributed by atoms with Crippen molar-refractivity contribution in [3.8, 4) is 0 Å². The molecule has 4 heteroatoms. The summed E-state index contributed by atoms with van der Waals surface area (Å²) in [6.07, 6.45) is 7.33. The maximum atomic E-state index is 6.05. The molecule has 0 bridgehead atoms. The van der Waals surface area contributed by atoms with Crippen molar-refractivity contribution in [3.05, 3.63) is 0 Å². The van der Waals surface area contributed by atoms with Crippen molar-refractivity contribution in [1.29, 1.82) is 0 Å². The van der Waals surface area contributed by atoms with Gasteiger partial charge in [0.25, 0.3) is 0 Å². The summed E-state index contributed by atoms with van der Waals surface area (Å²) in [7, 11) is 0. The van der Waals surface area contributed by atoms with Crippen LogP contribution in [0.4, 0.5) is 0 Å². The third kappa shape index (κ3) is 2.31. The molecule has 1 saturated carbocycles. The van der Waals surface area contributed by atoms with Crippen LogP contribution in [0, 0.1) is 0 Å². The highest BCUT2D eigenvalue weighted by Crippen LogP contribution is 2.33. The number of nitrogens with zero attached hydrogens (tertiary/aromatic N) is 1. The highest BCUT2D eigenvalue weighted by Gasteiger charge is 2.42. The molecule has 5 atom stereocenters. The summed E-state index contributed by atoms with van der Waals surface area (Å²) in [6, 6.07) is 0.983. The van der Waals surface area contributed by atoms with E-state index in [1.54, 1.807) is 0 Å². The van der Waals surface area contributed by atoms with E-state index in [1.807, 2.05) is 0 Å². The third-order valence-corrected chi connectivity index (χ3v) is 4.89. The highest BCUT2D eigenvalue weighted by molar-refractivity contribution is 4.96. The Bertz CT molecular complexity index is 287. The van der Waals surface area contributed by atoms with Gasteiger partial charge in [-0.3, -0.25) is 4.90 Å². The van der Waals surface area contributed by atoms with Gasteiger partial charge in [-0.1, -0.05) is 0 Å². The molecule has 3 aliphatic rings. The molecule has 3 rings (SSSR count). The van der Waals surface area contributed by atoms with Crippen LogP contribution >= 0.6 is 0 Å². The smallest absolute Gasteiger partial charge is 0.0747 e. The molecule has 0 radical (unpaired) electrons. The fourth-order valence-corrected chi connectivity index (χ4v) is 3.98. The molecule has 0 amide bonds. The van der Waals surface area contributed by atoms with Crippen molar-refractivity contribution in [2.45, 2.75) is 69.4 Å². The Balaban J connectivity index is 1.70. The number of morpholine rings is 1. The number of hydrogen-bond donors (Lipinski definition) is 1. The predicted octanol–water partition coefficient (Wildman–Crippen LogP) is 1.13. The molecule has 0 spiro atoms. The van der Waals surface area contributed by atoms with Crippen LogP contribution in [0.25, 0.3) is 0 Å². The van der Waals surface area contributed by atoms with Crippen molar-refractivity contribution in [2.75, 3.05) is 19.7 Å². The van der Waals surface area contributed by atoms with Gasteiger partial charge in [0.15, 0.2) is 0 Å². The first-order chi connectivity index (χ1) is 8.79. The zero-order chi connectivity index (χ0) is 12.5. The van der Waals surface area contributed by atoms with E-state index in [2.05, 4.69) is 11.8 Å². The number of rotatable bonds is 3. The largest absolute Gasteiger partial charge is 0.375 e. The summed E-state index contributed by atoms with van der Waals surface area (Å²) in [5, 5.41) is 0. The zero-order valence-corrected chi connectivity index (χ0v) is 11.4. The number of ether oxygens (including phenoxy) is 2. The normalized spacial score (nSPS) is 43.0. The molecule has 0 aromatic carbocycles. The second-order valence-electron chi connectivity index (χ2n) is 6.01. The van der Waals surface area contributed by atoms with Crippen molar-refractivity contribution in [2.24, 2.45) is 5.73 Å². The SMILES string of the molecule is CC1CCC(C(CN)N2CCOC3CCCC32)O1. The van der Waals surface area contributed by atoms with Crippen LogP contribution < -0.4 is 5.73 Å². The van der Waals surface area contributed by atoms with E-state index in [-0.39, 0.29) is 0 Å². The van der Waals surface area contributed by atoms with E-state index in [0.29, 0.717) is 36.9 Å². The lowest BCUT2D eigenvalue weighted by molar-refractivity contribution is -0.0973. The molecule has 0 aromatic rings. The van der Waals surface area contributed by atoms with Gasteiger partial charge in [-0.25, -0.2) is 0 Å². The van der Waals surface area contributed by atoms with Crippen LogP contribution in [0.3, 0.4) is 0 Å². The minimum atomic E-state index is 0.337. The molecule has 2 aliphatic heterocycles. The van der Waals surface area contributed by atoms with Crippen LogP contribution in [0.5, 0.6) is 0 Å². The molecule has 1 aliphatic carbocycles. The van der Waals surface area contributed by atoms with Crippen molar-refractivity contribution in [3.63, 3.8) is 0 Å². The van der Waals surface area contributed by atoms with Gasteiger partial charge in [0.05, 0.1) is 24.9 Å². The Labute approximate surface area is 110 Å². The fourth-order valence-electron chi connectivity index (χ4n) is 3.98. The minimum Gasteiger partial charge on any atom is -0.375 e. The Kier molecular flexibility index (Phi) is 3.89. The average Bonchev–Trinajstić information content (AvgIpc) is 2.99. The number of nitrogens with two attached hydrogens (primary N) is 1. The molecule has 2 saturated heterocycles. The quantitative estimate of drug-likeness (QED) is 0.820. The highest BCUT2D eigenvalue weighted by atomic mass is 16.5. The van der Waals surface area contributed by atoms with E-state index < -0.39 is 0 Å². The van der Waals surface area contributed by atoms with E-state index in [9.17, 15) is 0 Å². The van der Waals surface area contributed by atoms with Gasteiger partial charge in [-0.2, -0.15) is 0 Å². The van der Waals surface area contributed by atoms with Crippen molar-refractivity contribution >= 4 is 0 Å². The summed E-state index contributed by atoms with van der Waals surface area (Å²) in [5.74, 6) is 0. The average molecular weight is 254 g/mol. The van der Waals surface area contributed by atoms with E-state index in [1.165, 1.54) is 25.7 Å². The Morgan fingerprint density at radius 3 is 2.89 bits per heavy atom. The maximum absolute atomic E-state index is 6.05. The molecule has 3 fully saturated rings. The van der Waals surface area contributed by atoms with Crippen LogP contribution in [0.2, 0.25) is 0 Å². The van der Waals surface area contributed by atoms with E-state index in [4.69, 9.17) is 15.2 Å². The van der Waals surface area contributed by atoms with Gasteiger partial charge >= 0.3 is 0 Å².